The van der Waals surface area contributed by atoms with E-state index in [1.807, 2.05) is 13.0 Å². The summed E-state index contributed by atoms with van der Waals surface area (Å²) in [7, 11) is -1.40. The lowest BCUT2D eigenvalue weighted by Crippen LogP contribution is -2.41. The molecule has 1 aliphatic rings. The van der Waals surface area contributed by atoms with E-state index in [-0.39, 0.29) is 24.2 Å². The van der Waals surface area contributed by atoms with Gasteiger partial charge in [0.2, 0.25) is 10.9 Å². The van der Waals surface area contributed by atoms with Crippen LogP contribution in [0, 0.1) is 6.92 Å². The van der Waals surface area contributed by atoms with Crippen molar-refractivity contribution in [3.63, 3.8) is 0 Å². The Hall–Kier alpha value is -3.32. The summed E-state index contributed by atoms with van der Waals surface area (Å²) in [5.74, 6) is 0. The van der Waals surface area contributed by atoms with Crippen molar-refractivity contribution in [3.05, 3.63) is 73.6 Å². The summed E-state index contributed by atoms with van der Waals surface area (Å²) in [5, 5.41) is 4.27. The van der Waals surface area contributed by atoms with Crippen molar-refractivity contribution < 1.29 is 12.8 Å². The van der Waals surface area contributed by atoms with Gasteiger partial charge in [-0.3, -0.25) is 22.9 Å². The molecule has 0 radical (unpaired) electrons. The summed E-state index contributed by atoms with van der Waals surface area (Å²) in [6.07, 6.45) is 4.09. The number of fused-ring (bicyclic) bond motifs is 1. The Morgan fingerprint density at radius 1 is 1.17 bits per heavy atom. The first-order valence-electron chi connectivity index (χ1n) is 10.9. The highest BCUT2D eigenvalue weighted by molar-refractivity contribution is 7.74. The minimum absolute atomic E-state index is 0.00133. The zero-order valence-corrected chi connectivity index (χ0v) is 20.8. The minimum atomic E-state index is -3.13. The molecule has 0 atom stereocenters. The number of thiol groups is 1. The van der Waals surface area contributed by atoms with Crippen LogP contribution in [0.5, 0.6) is 0 Å². The Morgan fingerprint density at radius 3 is 2.51 bits per heavy atom. The molecular weight excluding hydrogens is 495 g/mol. The lowest BCUT2D eigenvalue weighted by atomic mass is 10.2. The zero-order chi connectivity index (χ0) is 24.9. The van der Waals surface area contributed by atoms with Crippen molar-refractivity contribution in [2.24, 2.45) is 7.05 Å². The van der Waals surface area contributed by atoms with Crippen molar-refractivity contribution in [2.75, 3.05) is 11.0 Å². The summed E-state index contributed by atoms with van der Waals surface area (Å²) >= 11 is 1.27. The number of aryl methyl sites for hydroxylation is 2. The molecule has 1 fully saturated rings. The topological polar surface area (TPSA) is 112 Å². The Kier molecular flexibility index (Phi) is 5.83. The van der Waals surface area contributed by atoms with Gasteiger partial charge in [-0.05, 0) is 55.6 Å². The number of anilines is 1. The molecular formula is C22H23FN6O4S2. The van der Waals surface area contributed by atoms with E-state index < -0.39 is 34.4 Å². The molecule has 10 nitrogen and oxygen atoms in total. The molecule has 5 rings (SSSR count). The number of hydrogen-bond acceptors (Lipinski definition) is 7. The van der Waals surface area contributed by atoms with Crippen molar-refractivity contribution in [2.45, 2.75) is 38.4 Å². The third-order valence-electron chi connectivity index (χ3n) is 6.23. The molecule has 3 heterocycles. The molecule has 1 aromatic carbocycles. The van der Waals surface area contributed by atoms with Crippen LogP contribution in [0.15, 0.2) is 46.2 Å². The van der Waals surface area contributed by atoms with Crippen LogP contribution in [-0.4, -0.2) is 43.9 Å². The van der Waals surface area contributed by atoms with E-state index >= 15 is 0 Å². The summed E-state index contributed by atoms with van der Waals surface area (Å²) < 4.78 is 47.4. The van der Waals surface area contributed by atoms with Crippen molar-refractivity contribution in [3.8, 4) is 0 Å². The Morgan fingerprint density at radius 2 is 1.94 bits per heavy atom. The second-order valence-corrected chi connectivity index (χ2v) is 10.6. The predicted octanol–water partition coefficient (Wildman–Crippen LogP) is 1.59. The predicted molar refractivity (Wildman–Crippen MR) is 131 cm³/mol. The van der Waals surface area contributed by atoms with Crippen LogP contribution >= 0.6 is 11.5 Å². The number of halogens is 1. The van der Waals surface area contributed by atoms with Gasteiger partial charge in [0.25, 0.3) is 5.56 Å². The Labute approximate surface area is 205 Å². The van der Waals surface area contributed by atoms with Crippen LogP contribution in [0.3, 0.4) is 0 Å². The standard InChI is InChI=1S/C22H23FN6O4S2/c1-14-7-17(34-25-14)12-27-19-4-3-16(29(35(32)33)22(13-23)5-6-22)8-18(19)20(30)28(21(27)31)11-15-9-24-26(2)10-15/h3-4,7-10,35H,5-6,11-13H2,1-2H3. The summed E-state index contributed by atoms with van der Waals surface area (Å²) in [5.41, 5.74) is -0.106. The van der Waals surface area contributed by atoms with Crippen LogP contribution in [0.2, 0.25) is 0 Å². The van der Waals surface area contributed by atoms with Gasteiger partial charge in [0.05, 0.1) is 47.1 Å². The van der Waals surface area contributed by atoms with Gasteiger partial charge < -0.3 is 0 Å². The lowest BCUT2D eigenvalue weighted by Gasteiger charge is -2.26. The Bertz CT molecular complexity index is 1620. The highest BCUT2D eigenvalue weighted by atomic mass is 32.2. The van der Waals surface area contributed by atoms with Crippen LogP contribution in [-0.2, 0) is 31.0 Å². The number of alkyl halides is 1. The third-order valence-corrected chi connectivity index (χ3v) is 8.07. The van der Waals surface area contributed by atoms with E-state index in [1.54, 1.807) is 30.2 Å². The molecule has 4 aromatic rings. The van der Waals surface area contributed by atoms with E-state index in [1.165, 1.54) is 28.2 Å². The zero-order valence-electron chi connectivity index (χ0n) is 19.0. The molecule has 184 valence electrons. The van der Waals surface area contributed by atoms with Gasteiger partial charge in [-0.25, -0.2) is 17.6 Å². The smallest absolute Gasteiger partial charge is 0.288 e. The van der Waals surface area contributed by atoms with E-state index in [0.717, 1.165) is 19.4 Å². The van der Waals surface area contributed by atoms with Gasteiger partial charge in [0, 0.05) is 23.7 Å². The second kappa shape index (κ2) is 8.72. The van der Waals surface area contributed by atoms with Gasteiger partial charge in [0.15, 0.2) is 0 Å². The maximum atomic E-state index is 13.8. The fraction of sp³-hybridized carbons (Fsp3) is 0.364. The molecule has 0 N–H and O–H groups in total. The lowest BCUT2D eigenvalue weighted by molar-refractivity contribution is 0.417. The van der Waals surface area contributed by atoms with Crippen LogP contribution < -0.4 is 15.6 Å². The van der Waals surface area contributed by atoms with E-state index in [0.29, 0.717) is 23.9 Å². The summed E-state index contributed by atoms with van der Waals surface area (Å²) in [4.78, 5) is 27.8. The number of benzene rings is 1. The van der Waals surface area contributed by atoms with E-state index in [2.05, 4.69) is 9.47 Å². The first-order chi connectivity index (χ1) is 16.7. The quantitative estimate of drug-likeness (QED) is 0.355. The SMILES string of the molecule is Cc1cc(Cn2c(=O)n(Cc3cnn(C)c3)c(=O)c3cc(N([SH](=O)=O)C4(CF)CC4)ccc32)sn1. The maximum Gasteiger partial charge on any atom is 0.332 e. The normalized spacial score (nSPS) is 14.6. The van der Waals surface area contributed by atoms with Crippen molar-refractivity contribution >= 4 is 39.0 Å². The average Bonchev–Trinajstić information content (AvgIpc) is 3.31. The molecule has 0 saturated heterocycles. The molecule has 0 bridgehead atoms. The van der Waals surface area contributed by atoms with Crippen LogP contribution in [0.1, 0.15) is 29.0 Å². The number of aromatic nitrogens is 5. The summed E-state index contributed by atoms with van der Waals surface area (Å²) in [6, 6.07) is 6.37. The molecule has 1 saturated carbocycles. The molecule has 3 aromatic heterocycles. The molecule has 1 aliphatic carbocycles. The van der Waals surface area contributed by atoms with Crippen molar-refractivity contribution in [1.29, 1.82) is 0 Å². The third kappa shape index (κ3) is 4.18. The summed E-state index contributed by atoms with van der Waals surface area (Å²) in [6.45, 7) is 1.24. The first-order valence-corrected chi connectivity index (χ1v) is 12.8. The number of hydrogen-bond donors (Lipinski definition) is 1. The molecule has 0 unspecified atom stereocenters. The number of rotatable bonds is 8. The van der Waals surface area contributed by atoms with Crippen molar-refractivity contribution in [1.82, 2.24) is 23.3 Å². The number of nitrogens with zero attached hydrogens (tertiary/aromatic N) is 6. The highest BCUT2D eigenvalue weighted by Crippen LogP contribution is 2.45. The fourth-order valence-electron chi connectivity index (χ4n) is 4.31. The maximum absolute atomic E-state index is 13.8. The van der Waals surface area contributed by atoms with Gasteiger partial charge in [-0.2, -0.15) is 9.47 Å². The van der Waals surface area contributed by atoms with Crippen LogP contribution in [0.25, 0.3) is 10.9 Å². The Balaban J connectivity index is 1.72. The molecule has 0 amide bonds. The molecule has 0 spiro atoms. The van der Waals surface area contributed by atoms with Gasteiger partial charge >= 0.3 is 5.69 Å². The van der Waals surface area contributed by atoms with Gasteiger partial charge in [0.1, 0.15) is 6.67 Å². The van der Waals surface area contributed by atoms with Gasteiger partial charge in [-0.1, -0.05) is 0 Å². The van der Waals surface area contributed by atoms with Crippen LogP contribution in [0.4, 0.5) is 10.1 Å². The molecule has 35 heavy (non-hydrogen) atoms. The highest BCUT2D eigenvalue weighted by Gasteiger charge is 2.50. The minimum Gasteiger partial charge on any atom is -0.288 e. The van der Waals surface area contributed by atoms with Gasteiger partial charge in [-0.15, -0.1) is 0 Å². The first kappa shape index (κ1) is 23.4. The molecule has 13 heteroatoms. The second-order valence-electron chi connectivity index (χ2n) is 8.83. The molecule has 0 aliphatic heterocycles. The van der Waals surface area contributed by atoms with E-state index in [4.69, 9.17) is 0 Å². The average molecular weight is 519 g/mol. The van der Waals surface area contributed by atoms with E-state index in [9.17, 15) is 22.4 Å². The fourth-order valence-corrected chi connectivity index (χ4v) is 5.94. The largest absolute Gasteiger partial charge is 0.332 e. The monoisotopic (exact) mass is 518 g/mol.